The van der Waals surface area contributed by atoms with Gasteiger partial charge in [-0.2, -0.15) is 0 Å². The molecule has 0 radical (unpaired) electrons. The summed E-state index contributed by atoms with van der Waals surface area (Å²) in [5.74, 6) is 0.790. The molecule has 0 unspecified atom stereocenters. The van der Waals surface area contributed by atoms with Gasteiger partial charge in [-0.05, 0) is 36.8 Å². The molecule has 2 amide bonds. The fourth-order valence-electron chi connectivity index (χ4n) is 1.94. The summed E-state index contributed by atoms with van der Waals surface area (Å²) in [6.07, 6.45) is 1.89. The van der Waals surface area contributed by atoms with Gasteiger partial charge in [-0.15, -0.1) is 10.2 Å². The highest BCUT2D eigenvalue weighted by molar-refractivity contribution is 8.01. The molecule has 0 bridgehead atoms. The van der Waals surface area contributed by atoms with Crippen molar-refractivity contribution >= 4 is 45.7 Å². The van der Waals surface area contributed by atoms with Crippen LogP contribution in [0.3, 0.4) is 0 Å². The molecule has 0 atom stereocenters. The third-order valence-corrected chi connectivity index (χ3v) is 5.09. The number of anilines is 2. The SMILES string of the molecule is CCSc1nnc(NC(=O)c2cccc(NC(=O)C3CC3)c2)s1. The van der Waals surface area contributed by atoms with E-state index in [1.807, 2.05) is 6.92 Å². The number of carbonyl (C=O) groups excluding carboxylic acids is 2. The van der Waals surface area contributed by atoms with Gasteiger partial charge in [-0.3, -0.25) is 14.9 Å². The molecule has 3 rings (SSSR count). The van der Waals surface area contributed by atoms with E-state index >= 15 is 0 Å². The van der Waals surface area contributed by atoms with E-state index < -0.39 is 0 Å². The molecule has 1 aromatic carbocycles. The lowest BCUT2D eigenvalue weighted by Gasteiger charge is -2.06. The van der Waals surface area contributed by atoms with E-state index in [2.05, 4.69) is 20.8 Å². The van der Waals surface area contributed by atoms with Crippen molar-refractivity contribution in [1.82, 2.24) is 10.2 Å². The lowest BCUT2D eigenvalue weighted by molar-refractivity contribution is -0.117. The Morgan fingerprint density at radius 2 is 2.13 bits per heavy atom. The Kier molecular flexibility index (Phi) is 4.92. The van der Waals surface area contributed by atoms with Crippen molar-refractivity contribution < 1.29 is 9.59 Å². The lowest BCUT2D eigenvalue weighted by Crippen LogP contribution is -2.15. The first-order valence-electron chi connectivity index (χ1n) is 7.34. The Balaban J connectivity index is 1.65. The molecule has 23 heavy (non-hydrogen) atoms. The number of hydrogen-bond donors (Lipinski definition) is 2. The topological polar surface area (TPSA) is 84.0 Å². The standard InChI is InChI=1S/C15H16N4O2S2/c1-2-22-15-19-18-14(23-15)17-13(21)10-4-3-5-11(8-10)16-12(20)9-6-7-9/h3-5,8-9H,2,6-7H2,1H3,(H,16,20)(H,17,18,21). The highest BCUT2D eigenvalue weighted by Gasteiger charge is 2.29. The van der Waals surface area contributed by atoms with Crippen molar-refractivity contribution in [2.45, 2.75) is 24.1 Å². The van der Waals surface area contributed by atoms with Crippen molar-refractivity contribution in [2.75, 3.05) is 16.4 Å². The van der Waals surface area contributed by atoms with E-state index in [9.17, 15) is 9.59 Å². The number of aromatic nitrogens is 2. The van der Waals surface area contributed by atoms with Crippen LogP contribution in [0.4, 0.5) is 10.8 Å². The average Bonchev–Trinajstić information content (AvgIpc) is 3.30. The number of carbonyl (C=O) groups is 2. The van der Waals surface area contributed by atoms with Gasteiger partial charge in [0, 0.05) is 17.2 Å². The summed E-state index contributed by atoms with van der Waals surface area (Å²) in [5, 5.41) is 14.0. The minimum absolute atomic E-state index is 0.0212. The number of rotatable bonds is 6. The van der Waals surface area contributed by atoms with Crippen LogP contribution in [0.1, 0.15) is 30.1 Å². The second-order valence-corrected chi connectivity index (χ2v) is 7.59. The monoisotopic (exact) mass is 348 g/mol. The summed E-state index contributed by atoms with van der Waals surface area (Å²) in [4.78, 5) is 24.1. The van der Waals surface area contributed by atoms with E-state index in [1.165, 1.54) is 11.3 Å². The van der Waals surface area contributed by atoms with Crippen LogP contribution in [0.15, 0.2) is 28.6 Å². The fourth-order valence-corrected chi connectivity index (χ4v) is 3.58. The number of nitrogens with zero attached hydrogens (tertiary/aromatic N) is 2. The molecular formula is C15H16N4O2S2. The predicted octanol–water partition coefficient (Wildman–Crippen LogP) is 3.25. The average molecular weight is 348 g/mol. The van der Waals surface area contributed by atoms with Crippen LogP contribution in [0, 0.1) is 5.92 Å². The largest absolute Gasteiger partial charge is 0.326 e. The highest BCUT2D eigenvalue weighted by atomic mass is 32.2. The fraction of sp³-hybridized carbons (Fsp3) is 0.333. The maximum Gasteiger partial charge on any atom is 0.257 e. The molecule has 2 aromatic rings. The van der Waals surface area contributed by atoms with E-state index in [4.69, 9.17) is 0 Å². The molecule has 1 aromatic heterocycles. The van der Waals surface area contributed by atoms with E-state index in [-0.39, 0.29) is 17.7 Å². The number of thioether (sulfide) groups is 1. The first-order chi connectivity index (χ1) is 11.2. The van der Waals surface area contributed by atoms with E-state index in [0.29, 0.717) is 16.4 Å². The minimum Gasteiger partial charge on any atom is -0.326 e. The van der Waals surface area contributed by atoms with Crippen LogP contribution < -0.4 is 10.6 Å². The van der Waals surface area contributed by atoms with Gasteiger partial charge in [-0.25, -0.2) is 0 Å². The van der Waals surface area contributed by atoms with Crippen molar-refractivity contribution in [3.05, 3.63) is 29.8 Å². The number of hydrogen-bond acceptors (Lipinski definition) is 6. The lowest BCUT2D eigenvalue weighted by atomic mass is 10.2. The van der Waals surface area contributed by atoms with Gasteiger partial charge >= 0.3 is 0 Å². The van der Waals surface area contributed by atoms with Crippen LogP contribution in [0.5, 0.6) is 0 Å². The Hall–Kier alpha value is -1.93. The number of amides is 2. The summed E-state index contributed by atoms with van der Waals surface area (Å²) < 4.78 is 0.827. The van der Waals surface area contributed by atoms with Crippen LogP contribution in [0.25, 0.3) is 0 Å². The summed E-state index contributed by atoms with van der Waals surface area (Å²) >= 11 is 2.93. The smallest absolute Gasteiger partial charge is 0.257 e. The number of nitrogens with one attached hydrogen (secondary N) is 2. The summed E-state index contributed by atoms with van der Waals surface area (Å²) in [6, 6.07) is 6.89. The Morgan fingerprint density at radius 3 is 2.87 bits per heavy atom. The Labute approximate surface area is 142 Å². The van der Waals surface area contributed by atoms with Gasteiger partial charge in [-0.1, -0.05) is 36.1 Å². The summed E-state index contributed by atoms with van der Waals surface area (Å²) in [6.45, 7) is 2.03. The molecule has 1 aliphatic rings. The van der Waals surface area contributed by atoms with Crippen LogP contribution >= 0.6 is 23.1 Å². The molecule has 8 heteroatoms. The van der Waals surface area contributed by atoms with E-state index in [1.54, 1.807) is 36.0 Å². The molecule has 6 nitrogen and oxygen atoms in total. The normalized spacial score (nSPS) is 13.6. The Morgan fingerprint density at radius 1 is 1.30 bits per heavy atom. The predicted molar refractivity (Wildman–Crippen MR) is 92.1 cm³/mol. The quantitative estimate of drug-likeness (QED) is 0.618. The second kappa shape index (κ2) is 7.10. The first-order valence-corrected chi connectivity index (χ1v) is 9.14. The van der Waals surface area contributed by atoms with Crippen molar-refractivity contribution in [3.63, 3.8) is 0 Å². The molecule has 1 fully saturated rings. The van der Waals surface area contributed by atoms with Crippen molar-refractivity contribution in [3.8, 4) is 0 Å². The maximum absolute atomic E-state index is 12.3. The molecular weight excluding hydrogens is 332 g/mol. The zero-order chi connectivity index (χ0) is 16.2. The van der Waals surface area contributed by atoms with Gasteiger partial charge in [0.05, 0.1) is 0 Å². The third-order valence-electron chi connectivity index (χ3n) is 3.24. The molecule has 1 aliphatic carbocycles. The van der Waals surface area contributed by atoms with Gasteiger partial charge in [0.1, 0.15) is 0 Å². The third kappa shape index (κ3) is 4.29. The Bertz CT molecular complexity index is 728. The molecule has 120 valence electrons. The minimum atomic E-state index is -0.267. The zero-order valence-electron chi connectivity index (χ0n) is 12.5. The van der Waals surface area contributed by atoms with Gasteiger partial charge in [0.25, 0.3) is 5.91 Å². The van der Waals surface area contributed by atoms with Crippen LogP contribution in [0.2, 0.25) is 0 Å². The molecule has 0 spiro atoms. The van der Waals surface area contributed by atoms with E-state index in [0.717, 1.165) is 22.9 Å². The molecule has 2 N–H and O–H groups in total. The summed E-state index contributed by atoms with van der Waals surface area (Å²) in [5.41, 5.74) is 1.10. The van der Waals surface area contributed by atoms with Gasteiger partial charge in [0.2, 0.25) is 11.0 Å². The van der Waals surface area contributed by atoms with Crippen LogP contribution in [-0.2, 0) is 4.79 Å². The molecule has 0 saturated heterocycles. The van der Waals surface area contributed by atoms with Crippen molar-refractivity contribution in [2.24, 2.45) is 5.92 Å². The molecule has 1 saturated carbocycles. The zero-order valence-corrected chi connectivity index (χ0v) is 14.2. The second-order valence-electron chi connectivity index (χ2n) is 5.10. The highest BCUT2D eigenvalue weighted by Crippen LogP contribution is 2.30. The van der Waals surface area contributed by atoms with Crippen molar-refractivity contribution in [1.29, 1.82) is 0 Å². The van der Waals surface area contributed by atoms with Gasteiger partial charge in [0.15, 0.2) is 4.34 Å². The molecule has 1 heterocycles. The first kappa shape index (κ1) is 15.9. The summed E-state index contributed by atoms with van der Waals surface area (Å²) in [7, 11) is 0. The maximum atomic E-state index is 12.3. The number of benzene rings is 1. The molecule has 0 aliphatic heterocycles. The van der Waals surface area contributed by atoms with Gasteiger partial charge < -0.3 is 5.32 Å². The van der Waals surface area contributed by atoms with Crippen LogP contribution in [-0.4, -0.2) is 27.8 Å².